The molecule has 0 bridgehead atoms. The molecule has 1 heterocycles. The Kier molecular flexibility index (Phi) is 2.24. The first-order chi connectivity index (χ1) is 4.72. The number of hydrogen-bond acceptors (Lipinski definition) is 3. The Morgan fingerprint density at radius 1 is 1.80 bits per heavy atom. The van der Waals surface area contributed by atoms with Gasteiger partial charge in [0.25, 0.3) is 0 Å². The molecule has 2 N–H and O–H groups in total. The Bertz CT molecular complexity index is 138. The molecule has 0 spiro atoms. The fraction of sp³-hybridized carbons (Fsp3) is 0.833. The first kappa shape index (κ1) is 7.50. The largest absolute Gasteiger partial charge is 0.480 e. The van der Waals surface area contributed by atoms with Crippen LogP contribution in [-0.4, -0.2) is 48.7 Å². The summed E-state index contributed by atoms with van der Waals surface area (Å²) in [4.78, 5) is 12.3. The van der Waals surface area contributed by atoms with Crippen molar-refractivity contribution in [2.45, 2.75) is 6.04 Å². The van der Waals surface area contributed by atoms with E-state index in [1.807, 2.05) is 11.9 Å². The molecular weight excluding hydrogens is 132 g/mol. The molecule has 0 aromatic carbocycles. The van der Waals surface area contributed by atoms with Gasteiger partial charge in [0.1, 0.15) is 6.04 Å². The van der Waals surface area contributed by atoms with E-state index in [-0.39, 0.29) is 6.04 Å². The third-order valence-corrected chi connectivity index (χ3v) is 1.80. The maximum atomic E-state index is 10.5. The summed E-state index contributed by atoms with van der Waals surface area (Å²) >= 11 is 0. The highest BCUT2D eigenvalue weighted by Gasteiger charge is 2.24. The fourth-order valence-corrected chi connectivity index (χ4v) is 1.08. The van der Waals surface area contributed by atoms with Crippen LogP contribution in [0.2, 0.25) is 0 Å². The highest BCUT2D eigenvalue weighted by molar-refractivity contribution is 5.73. The maximum absolute atomic E-state index is 10.5. The van der Waals surface area contributed by atoms with E-state index < -0.39 is 5.97 Å². The van der Waals surface area contributed by atoms with Gasteiger partial charge in [-0.3, -0.25) is 9.69 Å². The van der Waals surface area contributed by atoms with Crippen LogP contribution in [0.4, 0.5) is 0 Å². The van der Waals surface area contributed by atoms with Crippen LogP contribution in [0.25, 0.3) is 0 Å². The van der Waals surface area contributed by atoms with E-state index in [0.717, 1.165) is 13.1 Å². The van der Waals surface area contributed by atoms with Crippen molar-refractivity contribution in [3.8, 4) is 0 Å². The number of carboxylic acids is 1. The summed E-state index contributed by atoms with van der Waals surface area (Å²) in [5.74, 6) is -0.741. The molecule has 0 amide bonds. The SMILES string of the molecule is CN1CCNC[C@@H]1C(=O)O. The van der Waals surface area contributed by atoms with E-state index in [2.05, 4.69) is 5.32 Å². The van der Waals surface area contributed by atoms with Crippen LogP contribution in [0.1, 0.15) is 0 Å². The first-order valence-corrected chi connectivity index (χ1v) is 3.35. The van der Waals surface area contributed by atoms with Crippen molar-refractivity contribution in [1.82, 2.24) is 10.2 Å². The van der Waals surface area contributed by atoms with E-state index >= 15 is 0 Å². The molecule has 1 saturated heterocycles. The number of carbonyl (C=O) groups is 1. The number of rotatable bonds is 1. The molecule has 1 aliphatic heterocycles. The molecule has 1 aliphatic rings. The van der Waals surface area contributed by atoms with Crippen molar-refractivity contribution >= 4 is 5.97 Å². The second kappa shape index (κ2) is 2.98. The number of piperazine rings is 1. The second-order valence-electron chi connectivity index (χ2n) is 2.54. The van der Waals surface area contributed by atoms with Crippen molar-refractivity contribution in [3.63, 3.8) is 0 Å². The second-order valence-corrected chi connectivity index (χ2v) is 2.54. The van der Waals surface area contributed by atoms with Gasteiger partial charge in [-0.1, -0.05) is 0 Å². The van der Waals surface area contributed by atoms with Crippen LogP contribution >= 0.6 is 0 Å². The number of aliphatic carboxylic acids is 1. The molecule has 1 fully saturated rings. The Morgan fingerprint density at radius 2 is 2.50 bits per heavy atom. The predicted molar refractivity (Wildman–Crippen MR) is 36.9 cm³/mol. The Balaban J connectivity index is 2.47. The van der Waals surface area contributed by atoms with Crippen molar-refractivity contribution in [2.75, 3.05) is 26.7 Å². The van der Waals surface area contributed by atoms with Gasteiger partial charge in [0.05, 0.1) is 0 Å². The normalized spacial score (nSPS) is 28.3. The molecule has 0 aromatic heterocycles. The van der Waals surface area contributed by atoms with E-state index in [4.69, 9.17) is 5.11 Å². The van der Waals surface area contributed by atoms with Crippen molar-refractivity contribution < 1.29 is 9.90 Å². The van der Waals surface area contributed by atoms with Crippen LogP contribution < -0.4 is 5.32 Å². The molecule has 4 heteroatoms. The Morgan fingerprint density at radius 3 is 2.90 bits per heavy atom. The maximum Gasteiger partial charge on any atom is 0.322 e. The summed E-state index contributed by atoms with van der Waals surface area (Å²) in [6.07, 6.45) is 0. The summed E-state index contributed by atoms with van der Waals surface area (Å²) in [6, 6.07) is -0.339. The predicted octanol–water partition coefficient (Wildman–Crippen LogP) is -1.03. The number of nitrogens with one attached hydrogen (secondary N) is 1. The fourth-order valence-electron chi connectivity index (χ4n) is 1.08. The van der Waals surface area contributed by atoms with E-state index in [1.54, 1.807) is 0 Å². The van der Waals surface area contributed by atoms with Gasteiger partial charge in [-0.25, -0.2) is 0 Å². The number of carboxylic acid groups (broad SMARTS) is 1. The van der Waals surface area contributed by atoms with Gasteiger partial charge in [-0.15, -0.1) is 0 Å². The third-order valence-electron chi connectivity index (χ3n) is 1.80. The quantitative estimate of drug-likeness (QED) is 0.494. The zero-order valence-electron chi connectivity index (χ0n) is 6.00. The molecule has 0 radical (unpaired) electrons. The highest BCUT2D eigenvalue weighted by Crippen LogP contribution is 1.98. The molecule has 58 valence electrons. The molecule has 1 atom stereocenters. The number of hydrogen-bond donors (Lipinski definition) is 2. The van der Waals surface area contributed by atoms with Crippen molar-refractivity contribution in [1.29, 1.82) is 0 Å². The van der Waals surface area contributed by atoms with Gasteiger partial charge in [0.15, 0.2) is 0 Å². The summed E-state index contributed by atoms with van der Waals surface area (Å²) in [7, 11) is 1.83. The van der Waals surface area contributed by atoms with Gasteiger partial charge >= 0.3 is 5.97 Å². The Hall–Kier alpha value is -0.610. The molecule has 0 aliphatic carbocycles. The standard InChI is InChI=1S/C6H12N2O2/c1-8-3-2-7-4-5(8)6(9)10/h5,7H,2-4H2,1H3,(H,9,10)/t5-/m1/s1. The molecule has 0 unspecified atom stereocenters. The molecular formula is C6H12N2O2. The van der Waals surface area contributed by atoms with Crippen LogP contribution in [0.3, 0.4) is 0 Å². The summed E-state index contributed by atoms with van der Waals surface area (Å²) in [5.41, 5.74) is 0. The lowest BCUT2D eigenvalue weighted by molar-refractivity contribution is -0.143. The average Bonchev–Trinajstić information content (AvgIpc) is 1.88. The smallest absolute Gasteiger partial charge is 0.322 e. The molecule has 0 saturated carbocycles. The Labute approximate surface area is 59.8 Å². The van der Waals surface area contributed by atoms with Crippen LogP contribution in [0, 0.1) is 0 Å². The van der Waals surface area contributed by atoms with E-state index in [1.165, 1.54) is 0 Å². The lowest BCUT2D eigenvalue weighted by Gasteiger charge is -2.29. The minimum atomic E-state index is -0.741. The van der Waals surface area contributed by atoms with E-state index in [9.17, 15) is 4.79 Å². The lowest BCUT2D eigenvalue weighted by atomic mass is 10.2. The summed E-state index contributed by atoms with van der Waals surface area (Å²) < 4.78 is 0. The van der Waals surface area contributed by atoms with Crippen molar-refractivity contribution in [3.05, 3.63) is 0 Å². The number of likely N-dealkylation sites (N-methyl/N-ethyl adjacent to an activating group) is 1. The van der Waals surface area contributed by atoms with Crippen LogP contribution in [0.15, 0.2) is 0 Å². The monoisotopic (exact) mass is 144 g/mol. The van der Waals surface area contributed by atoms with Crippen LogP contribution in [-0.2, 0) is 4.79 Å². The van der Waals surface area contributed by atoms with Gasteiger partial charge in [0.2, 0.25) is 0 Å². The summed E-state index contributed by atoms with van der Waals surface area (Å²) in [6.45, 7) is 2.27. The highest BCUT2D eigenvalue weighted by atomic mass is 16.4. The third kappa shape index (κ3) is 1.46. The zero-order valence-corrected chi connectivity index (χ0v) is 6.00. The van der Waals surface area contributed by atoms with Gasteiger partial charge in [-0.05, 0) is 7.05 Å². The van der Waals surface area contributed by atoms with E-state index in [0.29, 0.717) is 6.54 Å². The molecule has 4 nitrogen and oxygen atoms in total. The van der Waals surface area contributed by atoms with Gasteiger partial charge in [-0.2, -0.15) is 0 Å². The average molecular weight is 144 g/mol. The van der Waals surface area contributed by atoms with Gasteiger partial charge in [0, 0.05) is 19.6 Å². The van der Waals surface area contributed by atoms with Crippen molar-refractivity contribution in [2.24, 2.45) is 0 Å². The molecule has 1 rings (SSSR count). The topological polar surface area (TPSA) is 52.6 Å². The first-order valence-electron chi connectivity index (χ1n) is 3.35. The number of nitrogens with zero attached hydrogens (tertiary/aromatic N) is 1. The zero-order chi connectivity index (χ0) is 7.56. The minimum Gasteiger partial charge on any atom is -0.480 e. The van der Waals surface area contributed by atoms with Gasteiger partial charge < -0.3 is 10.4 Å². The molecule has 0 aromatic rings. The lowest BCUT2D eigenvalue weighted by Crippen LogP contribution is -2.52. The minimum absolute atomic E-state index is 0.339. The molecule has 10 heavy (non-hydrogen) atoms. The van der Waals surface area contributed by atoms with Crippen LogP contribution in [0.5, 0.6) is 0 Å². The summed E-state index contributed by atoms with van der Waals surface area (Å²) in [5, 5.41) is 11.7.